The molecule has 0 bridgehead atoms. The van der Waals surface area contributed by atoms with Crippen LogP contribution in [0.5, 0.6) is 0 Å². The first-order valence-electron chi connectivity index (χ1n) is 7.51. The highest BCUT2D eigenvalue weighted by atomic mass is 16.1. The highest BCUT2D eigenvalue weighted by Gasteiger charge is 2.15. The summed E-state index contributed by atoms with van der Waals surface area (Å²) in [5.74, 6) is 0.428. The molecule has 1 aliphatic heterocycles. The average molecular weight is 295 g/mol. The van der Waals surface area contributed by atoms with Gasteiger partial charge < -0.3 is 0 Å². The maximum Gasteiger partial charge on any atom is 0.274 e. The van der Waals surface area contributed by atoms with Gasteiger partial charge >= 0.3 is 0 Å². The molecule has 2 aromatic heterocycles. The SMILES string of the molecule is O=c1cc(CN2CCCc3ccccc3C2)nc2nc[nH]n12. The minimum atomic E-state index is -0.118. The van der Waals surface area contributed by atoms with E-state index in [-0.39, 0.29) is 5.56 Å². The van der Waals surface area contributed by atoms with Gasteiger partial charge in [0.25, 0.3) is 11.3 Å². The Morgan fingerprint density at radius 1 is 1.23 bits per heavy atom. The monoisotopic (exact) mass is 295 g/mol. The third-order valence-electron chi connectivity index (χ3n) is 4.14. The second-order valence-electron chi connectivity index (χ2n) is 5.69. The Morgan fingerprint density at radius 3 is 3.00 bits per heavy atom. The van der Waals surface area contributed by atoms with Crippen LogP contribution in [0.2, 0.25) is 0 Å². The van der Waals surface area contributed by atoms with E-state index < -0.39 is 0 Å². The molecule has 3 aromatic rings. The van der Waals surface area contributed by atoms with Gasteiger partial charge in [0.1, 0.15) is 6.33 Å². The van der Waals surface area contributed by atoms with E-state index in [0.29, 0.717) is 12.3 Å². The summed E-state index contributed by atoms with van der Waals surface area (Å²) >= 11 is 0. The predicted octanol–water partition coefficient (Wildman–Crippen LogP) is 1.37. The summed E-state index contributed by atoms with van der Waals surface area (Å²) in [5.41, 5.74) is 3.46. The van der Waals surface area contributed by atoms with Crippen LogP contribution < -0.4 is 5.56 Å². The number of nitrogens with zero attached hydrogens (tertiary/aromatic N) is 4. The molecular formula is C16H17N5O. The van der Waals surface area contributed by atoms with Gasteiger partial charge in [-0.1, -0.05) is 24.3 Å². The number of H-pyrrole nitrogens is 1. The van der Waals surface area contributed by atoms with Crippen molar-refractivity contribution in [1.29, 1.82) is 0 Å². The van der Waals surface area contributed by atoms with Gasteiger partial charge in [0.2, 0.25) is 0 Å². The van der Waals surface area contributed by atoms with Crippen LogP contribution >= 0.6 is 0 Å². The zero-order valence-electron chi connectivity index (χ0n) is 12.2. The Bertz CT molecular complexity index is 866. The lowest BCUT2D eigenvalue weighted by Gasteiger charge is -2.19. The molecule has 3 heterocycles. The van der Waals surface area contributed by atoms with Crippen LogP contribution in [0.3, 0.4) is 0 Å². The Balaban J connectivity index is 1.61. The largest absolute Gasteiger partial charge is 0.293 e. The van der Waals surface area contributed by atoms with Crippen molar-refractivity contribution in [2.24, 2.45) is 0 Å². The van der Waals surface area contributed by atoms with E-state index in [1.165, 1.54) is 22.0 Å². The fraction of sp³-hybridized carbons (Fsp3) is 0.312. The van der Waals surface area contributed by atoms with Gasteiger partial charge in [0, 0.05) is 19.2 Å². The minimum Gasteiger partial charge on any atom is -0.293 e. The van der Waals surface area contributed by atoms with Crippen molar-refractivity contribution in [3.8, 4) is 0 Å². The van der Waals surface area contributed by atoms with Crippen molar-refractivity contribution < 1.29 is 0 Å². The molecule has 0 spiro atoms. The first-order chi connectivity index (χ1) is 10.8. The van der Waals surface area contributed by atoms with Crippen LogP contribution in [0.25, 0.3) is 5.78 Å². The Hall–Kier alpha value is -2.47. The van der Waals surface area contributed by atoms with Gasteiger partial charge in [0.15, 0.2) is 0 Å². The molecule has 6 heteroatoms. The molecule has 0 unspecified atom stereocenters. The standard InChI is InChI=1S/C16H17N5O/c22-15-8-14(19-16-17-11-18-21(15)16)10-20-7-3-6-12-4-1-2-5-13(12)9-20/h1-2,4-5,8,11H,3,6-7,9-10H2,(H,17,18,19). The Morgan fingerprint density at radius 2 is 2.09 bits per heavy atom. The van der Waals surface area contributed by atoms with Gasteiger partial charge in [-0.3, -0.25) is 14.8 Å². The summed E-state index contributed by atoms with van der Waals surface area (Å²) < 4.78 is 1.35. The minimum absolute atomic E-state index is 0.118. The summed E-state index contributed by atoms with van der Waals surface area (Å²) in [5, 5.41) is 2.76. The molecule has 0 saturated carbocycles. The summed E-state index contributed by atoms with van der Waals surface area (Å²) in [6, 6.07) is 10.2. The second kappa shape index (κ2) is 5.38. The lowest BCUT2D eigenvalue weighted by atomic mass is 10.0. The molecule has 1 aliphatic rings. The summed E-state index contributed by atoms with van der Waals surface area (Å²) in [4.78, 5) is 22.9. The van der Waals surface area contributed by atoms with Crippen LogP contribution in [-0.2, 0) is 19.5 Å². The molecule has 0 fully saturated rings. The number of rotatable bonds is 2. The smallest absolute Gasteiger partial charge is 0.274 e. The number of benzene rings is 1. The molecule has 0 aliphatic carbocycles. The Kier molecular flexibility index (Phi) is 3.23. The maximum absolute atomic E-state index is 12.0. The van der Waals surface area contributed by atoms with Crippen LogP contribution in [0.1, 0.15) is 23.2 Å². The molecule has 0 saturated heterocycles. The highest BCUT2D eigenvalue weighted by Crippen LogP contribution is 2.19. The van der Waals surface area contributed by atoms with Gasteiger partial charge in [-0.25, -0.2) is 9.97 Å². The summed E-state index contributed by atoms with van der Waals surface area (Å²) in [7, 11) is 0. The van der Waals surface area contributed by atoms with E-state index >= 15 is 0 Å². The molecule has 0 atom stereocenters. The number of aromatic amines is 1. The first-order valence-corrected chi connectivity index (χ1v) is 7.51. The van der Waals surface area contributed by atoms with Crippen molar-refractivity contribution in [1.82, 2.24) is 24.5 Å². The summed E-state index contributed by atoms with van der Waals surface area (Å²) in [6.45, 7) is 2.58. The number of fused-ring (bicyclic) bond motifs is 2. The first kappa shape index (κ1) is 13.2. The van der Waals surface area contributed by atoms with Gasteiger partial charge in [-0.15, -0.1) is 0 Å². The van der Waals surface area contributed by atoms with E-state index in [2.05, 4.69) is 44.2 Å². The molecule has 1 aromatic carbocycles. The number of hydrogen-bond donors (Lipinski definition) is 1. The predicted molar refractivity (Wildman–Crippen MR) is 82.5 cm³/mol. The summed E-state index contributed by atoms with van der Waals surface area (Å²) in [6.07, 6.45) is 3.72. The zero-order chi connectivity index (χ0) is 14.9. The van der Waals surface area contributed by atoms with Crippen molar-refractivity contribution in [2.75, 3.05) is 6.54 Å². The van der Waals surface area contributed by atoms with Crippen molar-refractivity contribution in [3.63, 3.8) is 0 Å². The lowest BCUT2D eigenvalue weighted by Crippen LogP contribution is -2.25. The van der Waals surface area contributed by atoms with Crippen molar-refractivity contribution in [3.05, 3.63) is 63.8 Å². The van der Waals surface area contributed by atoms with Gasteiger partial charge in [-0.2, -0.15) is 4.52 Å². The number of hydrogen-bond acceptors (Lipinski definition) is 4. The lowest BCUT2D eigenvalue weighted by molar-refractivity contribution is 0.258. The fourth-order valence-corrected chi connectivity index (χ4v) is 3.08. The molecule has 6 nitrogen and oxygen atoms in total. The van der Waals surface area contributed by atoms with E-state index in [9.17, 15) is 4.79 Å². The second-order valence-corrected chi connectivity index (χ2v) is 5.69. The quantitative estimate of drug-likeness (QED) is 0.775. The van der Waals surface area contributed by atoms with Crippen LogP contribution in [0.15, 0.2) is 41.5 Å². The number of aryl methyl sites for hydroxylation is 1. The zero-order valence-corrected chi connectivity index (χ0v) is 12.2. The average Bonchev–Trinajstić information content (AvgIpc) is 2.88. The third-order valence-corrected chi connectivity index (χ3v) is 4.14. The van der Waals surface area contributed by atoms with E-state index in [4.69, 9.17) is 0 Å². The topological polar surface area (TPSA) is 66.3 Å². The number of aromatic nitrogens is 4. The molecule has 0 amide bonds. The van der Waals surface area contributed by atoms with E-state index in [0.717, 1.165) is 31.6 Å². The van der Waals surface area contributed by atoms with Crippen LogP contribution in [0, 0.1) is 0 Å². The molecule has 0 radical (unpaired) electrons. The van der Waals surface area contributed by atoms with Gasteiger partial charge in [0.05, 0.1) is 5.69 Å². The molecular weight excluding hydrogens is 278 g/mol. The molecule has 4 rings (SSSR count). The fourth-order valence-electron chi connectivity index (χ4n) is 3.08. The molecule has 1 N–H and O–H groups in total. The van der Waals surface area contributed by atoms with Gasteiger partial charge in [-0.05, 0) is 30.5 Å². The maximum atomic E-state index is 12.0. The molecule has 22 heavy (non-hydrogen) atoms. The van der Waals surface area contributed by atoms with Crippen molar-refractivity contribution >= 4 is 5.78 Å². The highest BCUT2D eigenvalue weighted by molar-refractivity contribution is 5.29. The third kappa shape index (κ3) is 2.42. The van der Waals surface area contributed by atoms with E-state index in [1.807, 2.05) is 0 Å². The van der Waals surface area contributed by atoms with Crippen molar-refractivity contribution in [2.45, 2.75) is 25.9 Å². The van der Waals surface area contributed by atoms with E-state index in [1.54, 1.807) is 6.07 Å². The normalized spacial score (nSPS) is 15.6. The Labute approximate surface area is 127 Å². The molecule has 112 valence electrons. The number of nitrogens with one attached hydrogen (secondary N) is 1. The van der Waals surface area contributed by atoms with Crippen LogP contribution in [0.4, 0.5) is 0 Å². The van der Waals surface area contributed by atoms with Crippen LogP contribution in [-0.4, -0.2) is 31.0 Å².